The van der Waals surface area contributed by atoms with Crippen LogP contribution in [0.3, 0.4) is 0 Å². The molecule has 0 aromatic carbocycles. The van der Waals surface area contributed by atoms with Gasteiger partial charge >= 0.3 is 0 Å². The molecule has 0 radical (unpaired) electrons. The van der Waals surface area contributed by atoms with E-state index in [-0.39, 0.29) is 16.7 Å². The van der Waals surface area contributed by atoms with E-state index in [0.29, 0.717) is 29.8 Å². The van der Waals surface area contributed by atoms with Crippen LogP contribution in [0.4, 0.5) is 0 Å². The van der Waals surface area contributed by atoms with Gasteiger partial charge in [0.15, 0.2) is 5.16 Å². The number of thioether (sulfide) groups is 1. The van der Waals surface area contributed by atoms with Crippen molar-refractivity contribution in [3.63, 3.8) is 0 Å². The number of furan rings is 1. The summed E-state index contributed by atoms with van der Waals surface area (Å²) in [4.78, 5) is 20.2. The number of hydrogen-bond acceptors (Lipinski definition) is 7. The molecule has 32 heavy (non-hydrogen) atoms. The summed E-state index contributed by atoms with van der Waals surface area (Å²) in [5.41, 5.74) is 1.07. The van der Waals surface area contributed by atoms with Crippen LogP contribution in [0.2, 0.25) is 0 Å². The topological polar surface area (TPSA) is 85.4 Å². The standard InChI is InChI=1S/C22H27N3O4S3/c1-14-15(2)31-20-19(14)21(26)25(16-7-3-4-8-16)22(23-20)30-13-17-9-10-18(29-17)32(27,28)24-11-5-6-12-24/h9-10,16H,3-8,11-13H2,1-2H3. The van der Waals surface area contributed by atoms with E-state index in [4.69, 9.17) is 9.40 Å². The zero-order chi connectivity index (χ0) is 22.5. The summed E-state index contributed by atoms with van der Waals surface area (Å²) in [6.07, 6.45) is 5.99. The largest absolute Gasteiger partial charge is 0.447 e. The average molecular weight is 494 g/mol. The summed E-state index contributed by atoms with van der Waals surface area (Å²) in [6.45, 7) is 5.11. The molecule has 7 nitrogen and oxygen atoms in total. The normalized spacial score (nSPS) is 18.3. The van der Waals surface area contributed by atoms with Gasteiger partial charge in [-0.05, 0) is 57.2 Å². The highest BCUT2D eigenvalue weighted by atomic mass is 32.2. The molecule has 1 saturated heterocycles. The van der Waals surface area contributed by atoms with Crippen molar-refractivity contribution < 1.29 is 12.8 Å². The molecule has 0 amide bonds. The summed E-state index contributed by atoms with van der Waals surface area (Å²) in [5, 5.41) is 1.42. The van der Waals surface area contributed by atoms with E-state index < -0.39 is 10.0 Å². The van der Waals surface area contributed by atoms with Crippen LogP contribution in [0.15, 0.2) is 31.6 Å². The third kappa shape index (κ3) is 3.85. The van der Waals surface area contributed by atoms with Crippen LogP contribution in [-0.4, -0.2) is 35.4 Å². The Hall–Kier alpha value is -1.62. The molecule has 0 spiro atoms. The van der Waals surface area contributed by atoms with Crippen LogP contribution < -0.4 is 5.56 Å². The number of thiophene rings is 1. The van der Waals surface area contributed by atoms with Gasteiger partial charge in [0.25, 0.3) is 15.6 Å². The lowest BCUT2D eigenvalue weighted by Gasteiger charge is -2.17. The van der Waals surface area contributed by atoms with Crippen molar-refractivity contribution in [3.8, 4) is 0 Å². The fourth-order valence-corrected chi connectivity index (χ4v) is 8.12. The maximum atomic E-state index is 13.5. The van der Waals surface area contributed by atoms with Gasteiger partial charge in [0, 0.05) is 24.0 Å². The maximum absolute atomic E-state index is 13.5. The molecular formula is C22H27N3O4S3. The van der Waals surface area contributed by atoms with E-state index in [1.54, 1.807) is 17.4 Å². The highest BCUT2D eigenvalue weighted by Crippen LogP contribution is 2.35. The summed E-state index contributed by atoms with van der Waals surface area (Å²) in [5.74, 6) is 0.988. The van der Waals surface area contributed by atoms with Crippen LogP contribution in [0, 0.1) is 13.8 Å². The van der Waals surface area contributed by atoms with E-state index in [1.807, 2.05) is 18.4 Å². The summed E-state index contributed by atoms with van der Waals surface area (Å²) in [7, 11) is -3.57. The Bertz CT molecular complexity index is 1310. The minimum atomic E-state index is -3.57. The lowest BCUT2D eigenvalue weighted by atomic mass is 10.2. The summed E-state index contributed by atoms with van der Waals surface area (Å²) in [6, 6.07) is 3.42. The monoisotopic (exact) mass is 493 g/mol. The Kier molecular flexibility index (Phi) is 5.98. The number of aromatic nitrogens is 2. The van der Waals surface area contributed by atoms with Gasteiger partial charge in [-0.3, -0.25) is 9.36 Å². The first-order valence-corrected chi connectivity index (χ1v) is 14.3. The highest BCUT2D eigenvalue weighted by Gasteiger charge is 2.30. The van der Waals surface area contributed by atoms with E-state index in [9.17, 15) is 13.2 Å². The molecule has 3 aromatic rings. The van der Waals surface area contributed by atoms with E-state index in [0.717, 1.165) is 59.2 Å². The van der Waals surface area contributed by atoms with Gasteiger partial charge in [0.2, 0.25) is 5.09 Å². The van der Waals surface area contributed by atoms with Crippen LogP contribution in [0.5, 0.6) is 0 Å². The number of aryl methyl sites for hydroxylation is 2. The Morgan fingerprint density at radius 2 is 1.88 bits per heavy atom. The molecule has 10 heteroatoms. The van der Waals surface area contributed by atoms with E-state index >= 15 is 0 Å². The van der Waals surface area contributed by atoms with Gasteiger partial charge in [-0.15, -0.1) is 11.3 Å². The quantitative estimate of drug-likeness (QED) is 0.360. The van der Waals surface area contributed by atoms with Crippen molar-refractivity contribution in [3.05, 3.63) is 38.7 Å². The molecule has 5 rings (SSSR count). The van der Waals surface area contributed by atoms with Crippen molar-refractivity contribution in [2.24, 2.45) is 0 Å². The van der Waals surface area contributed by atoms with Gasteiger partial charge in [0.05, 0.1) is 11.1 Å². The molecule has 3 aromatic heterocycles. The molecule has 4 heterocycles. The molecule has 1 aliphatic carbocycles. The van der Waals surface area contributed by atoms with Crippen LogP contribution in [-0.2, 0) is 15.8 Å². The number of fused-ring (bicyclic) bond motifs is 1. The molecule has 1 aliphatic heterocycles. The molecule has 0 N–H and O–H groups in total. The first kappa shape index (κ1) is 22.2. The molecule has 0 unspecified atom stereocenters. The number of sulfonamides is 1. The van der Waals surface area contributed by atoms with Crippen LogP contribution >= 0.6 is 23.1 Å². The Morgan fingerprint density at radius 1 is 1.16 bits per heavy atom. The average Bonchev–Trinajstić information content (AvgIpc) is 3.55. The molecule has 2 fully saturated rings. The van der Waals surface area contributed by atoms with Gasteiger partial charge in [0.1, 0.15) is 10.6 Å². The third-order valence-corrected chi connectivity index (χ3v) is 10.4. The first-order chi connectivity index (χ1) is 15.4. The van der Waals surface area contributed by atoms with Crippen molar-refractivity contribution in [1.29, 1.82) is 0 Å². The van der Waals surface area contributed by atoms with Crippen LogP contribution in [0.25, 0.3) is 10.2 Å². The second-order valence-corrected chi connectivity index (χ2v) is 12.6. The number of rotatable bonds is 6. The second-order valence-electron chi connectivity index (χ2n) is 8.59. The molecule has 1 saturated carbocycles. The SMILES string of the molecule is Cc1sc2nc(SCc3ccc(S(=O)(=O)N4CCCC4)o3)n(C3CCCC3)c(=O)c2c1C. The fourth-order valence-electron chi connectivity index (χ4n) is 4.64. The lowest BCUT2D eigenvalue weighted by molar-refractivity contribution is 0.396. The van der Waals surface area contributed by atoms with Gasteiger partial charge in [-0.2, -0.15) is 4.31 Å². The van der Waals surface area contributed by atoms with E-state index in [1.165, 1.54) is 22.1 Å². The van der Waals surface area contributed by atoms with Crippen molar-refractivity contribution in [1.82, 2.24) is 13.9 Å². The smallest absolute Gasteiger partial charge is 0.276 e. The van der Waals surface area contributed by atoms with Gasteiger partial charge < -0.3 is 4.42 Å². The second kappa shape index (κ2) is 8.62. The molecule has 172 valence electrons. The van der Waals surface area contributed by atoms with Crippen LogP contribution in [0.1, 0.15) is 60.8 Å². The predicted molar refractivity (Wildman–Crippen MR) is 127 cm³/mol. The highest BCUT2D eigenvalue weighted by molar-refractivity contribution is 7.98. The summed E-state index contributed by atoms with van der Waals surface area (Å²) < 4.78 is 34.6. The number of nitrogens with zero attached hydrogens (tertiary/aromatic N) is 3. The van der Waals surface area contributed by atoms with E-state index in [2.05, 4.69) is 0 Å². The molecule has 0 atom stereocenters. The molecular weight excluding hydrogens is 466 g/mol. The lowest BCUT2D eigenvalue weighted by Crippen LogP contribution is -2.27. The molecule has 2 aliphatic rings. The predicted octanol–water partition coefficient (Wildman–Crippen LogP) is 4.86. The Balaban J connectivity index is 1.45. The van der Waals surface area contributed by atoms with Gasteiger partial charge in [-0.25, -0.2) is 13.4 Å². The fraction of sp³-hybridized carbons (Fsp3) is 0.545. The zero-order valence-electron chi connectivity index (χ0n) is 18.3. The third-order valence-electron chi connectivity index (χ3n) is 6.53. The Labute approximate surface area is 195 Å². The molecule has 0 bridgehead atoms. The van der Waals surface area contributed by atoms with Gasteiger partial charge in [-0.1, -0.05) is 24.6 Å². The Morgan fingerprint density at radius 3 is 2.59 bits per heavy atom. The van der Waals surface area contributed by atoms with Crippen molar-refractivity contribution in [2.45, 2.75) is 74.4 Å². The zero-order valence-corrected chi connectivity index (χ0v) is 20.7. The maximum Gasteiger partial charge on any atom is 0.276 e. The minimum Gasteiger partial charge on any atom is -0.447 e. The van der Waals surface area contributed by atoms with Crippen molar-refractivity contribution in [2.75, 3.05) is 13.1 Å². The summed E-state index contributed by atoms with van der Waals surface area (Å²) >= 11 is 3.00. The first-order valence-electron chi connectivity index (χ1n) is 11.1. The number of hydrogen-bond donors (Lipinski definition) is 0. The minimum absolute atomic E-state index is 0.00361. The van der Waals surface area contributed by atoms with Crippen molar-refractivity contribution >= 4 is 43.3 Å².